The van der Waals surface area contributed by atoms with Gasteiger partial charge in [0.05, 0.1) is 0 Å². The van der Waals surface area contributed by atoms with Crippen LogP contribution in [-0.2, 0) is 0 Å². The third-order valence-electron chi connectivity index (χ3n) is 2.10. The summed E-state index contributed by atoms with van der Waals surface area (Å²) in [5.41, 5.74) is 1.57. The van der Waals surface area contributed by atoms with Crippen LogP contribution in [0.5, 0.6) is 0 Å². The summed E-state index contributed by atoms with van der Waals surface area (Å²) in [6.07, 6.45) is 5.21. The van der Waals surface area contributed by atoms with E-state index in [9.17, 15) is 0 Å². The molecule has 2 rings (SSSR count). The molecule has 0 radical (unpaired) electrons. The predicted octanol–water partition coefficient (Wildman–Crippen LogP) is 2.68. The van der Waals surface area contributed by atoms with E-state index in [0.717, 1.165) is 12.3 Å². The first kappa shape index (κ1) is 4.87. The third kappa shape index (κ3) is 0.594. The average Bonchev–Trinajstić information content (AvgIpc) is 2.45. The topological polar surface area (TPSA) is 0 Å². The Kier molecular flexibility index (Phi) is 0.916. The minimum Gasteiger partial charge on any atom is -0.0892 e. The average molecular weight is 129 g/mol. The van der Waals surface area contributed by atoms with Crippen LogP contribution in [0, 0.1) is 5.92 Å². The van der Waals surface area contributed by atoms with Gasteiger partial charge in [0.15, 0.2) is 0 Å². The fourth-order valence-electron chi connectivity index (χ4n) is 1.48. The van der Waals surface area contributed by atoms with Gasteiger partial charge in [-0.3, -0.25) is 0 Å². The van der Waals surface area contributed by atoms with Gasteiger partial charge in [-0.15, -0.1) is 0 Å². The summed E-state index contributed by atoms with van der Waals surface area (Å²) in [7, 11) is 0. The van der Waals surface area contributed by atoms with Crippen molar-refractivity contribution in [1.29, 1.82) is 0 Å². The van der Waals surface area contributed by atoms with E-state index in [1.54, 1.807) is 5.57 Å². The molecule has 0 N–H and O–H groups in total. The Hall–Kier alpha value is 0.0300. The largest absolute Gasteiger partial charge is 0.0892 e. The van der Waals surface area contributed by atoms with Gasteiger partial charge in [0.2, 0.25) is 0 Å². The molecule has 1 saturated carbocycles. The lowest BCUT2D eigenvalue weighted by molar-refractivity contribution is 0.667. The molecular formula is C7H9Cl. The van der Waals surface area contributed by atoms with Crippen molar-refractivity contribution in [3.8, 4) is 0 Å². The molecule has 0 nitrogen and oxygen atoms in total. The first-order chi connectivity index (χ1) is 3.88. The molecular weight excluding hydrogens is 120 g/mol. The molecule has 0 amide bonds. The van der Waals surface area contributed by atoms with Crippen molar-refractivity contribution in [3.63, 3.8) is 0 Å². The monoisotopic (exact) mass is 128 g/mol. The minimum absolute atomic E-state index is 0.927. The van der Waals surface area contributed by atoms with Crippen LogP contribution < -0.4 is 0 Å². The Labute approximate surface area is 54.5 Å². The van der Waals surface area contributed by atoms with Crippen molar-refractivity contribution < 1.29 is 0 Å². The van der Waals surface area contributed by atoms with Crippen molar-refractivity contribution in [2.75, 3.05) is 0 Å². The zero-order chi connectivity index (χ0) is 5.56. The molecule has 2 aliphatic carbocycles. The first-order valence-corrected chi connectivity index (χ1v) is 3.63. The van der Waals surface area contributed by atoms with E-state index in [1.165, 1.54) is 24.3 Å². The maximum atomic E-state index is 5.89. The second-order valence-corrected chi connectivity index (χ2v) is 3.18. The van der Waals surface area contributed by atoms with Crippen molar-refractivity contribution in [2.45, 2.75) is 25.7 Å². The maximum absolute atomic E-state index is 5.89. The van der Waals surface area contributed by atoms with Gasteiger partial charge in [0.1, 0.15) is 0 Å². The Bertz CT molecular complexity index is 146. The molecule has 0 aromatic heterocycles. The van der Waals surface area contributed by atoms with Gasteiger partial charge in [-0.2, -0.15) is 0 Å². The molecule has 0 aliphatic heterocycles. The summed E-state index contributed by atoms with van der Waals surface area (Å²) in [4.78, 5) is 0. The lowest BCUT2D eigenvalue weighted by atomic mass is 10.1. The van der Waals surface area contributed by atoms with E-state index >= 15 is 0 Å². The number of hydrogen-bond acceptors (Lipinski definition) is 0. The molecule has 0 unspecified atom stereocenters. The van der Waals surface area contributed by atoms with Crippen molar-refractivity contribution >= 4 is 11.6 Å². The molecule has 44 valence electrons. The zero-order valence-corrected chi connectivity index (χ0v) is 5.54. The number of fused-ring (bicyclic) bond motifs is 1. The number of rotatable bonds is 0. The molecule has 1 fully saturated rings. The predicted molar refractivity (Wildman–Crippen MR) is 34.8 cm³/mol. The van der Waals surface area contributed by atoms with Gasteiger partial charge in [-0.25, -0.2) is 0 Å². The molecule has 1 atom stereocenters. The molecule has 0 spiro atoms. The van der Waals surface area contributed by atoms with Gasteiger partial charge in [0, 0.05) is 5.03 Å². The van der Waals surface area contributed by atoms with Gasteiger partial charge in [0.25, 0.3) is 0 Å². The highest BCUT2D eigenvalue weighted by molar-refractivity contribution is 6.30. The highest BCUT2D eigenvalue weighted by Crippen LogP contribution is 2.49. The van der Waals surface area contributed by atoms with E-state index in [4.69, 9.17) is 11.6 Å². The van der Waals surface area contributed by atoms with Crippen molar-refractivity contribution in [1.82, 2.24) is 0 Å². The maximum Gasteiger partial charge on any atom is 0.0176 e. The Balaban J connectivity index is 2.25. The highest BCUT2D eigenvalue weighted by Gasteiger charge is 2.34. The number of allylic oxidation sites excluding steroid dienone is 2. The SMILES string of the molecule is ClC1=C2C[C@@H]2CCC1. The van der Waals surface area contributed by atoms with Gasteiger partial charge >= 0.3 is 0 Å². The van der Waals surface area contributed by atoms with E-state index in [0.29, 0.717) is 0 Å². The van der Waals surface area contributed by atoms with Crippen LogP contribution in [-0.4, -0.2) is 0 Å². The minimum atomic E-state index is 0.927. The van der Waals surface area contributed by atoms with Crippen LogP contribution in [0.25, 0.3) is 0 Å². The van der Waals surface area contributed by atoms with Crippen LogP contribution in [0.4, 0.5) is 0 Å². The number of halogens is 1. The summed E-state index contributed by atoms with van der Waals surface area (Å²) in [6, 6.07) is 0. The first-order valence-electron chi connectivity index (χ1n) is 3.25. The zero-order valence-electron chi connectivity index (χ0n) is 4.78. The van der Waals surface area contributed by atoms with E-state index in [2.05, 4.69) is 0 Å². The summed E-state index contributed by atoms with van der Waals surface area (Å²) >= 11 is 5.89. The van der Waals surface area contributed by atoms with Gasteiger partial charge in [-0.1, -0.05) is 17.2 Å². The second kappa shape index (κ2) is 1.51. The van der Waals surface area contributed by atoms with Crippen LogP contribution in [0.1, 0.15) is 25.7 Å². The van der Waals surface area contributed by atoms with Crippen LogP contribution in [0.3, 0.4) is 0 Å². The molecule has 8 heavy (non-hydrogen) atoms. The summed E-state index contributed by atoms with van der Waals surface area (Å²) in [5, 5.41) is 1.18. The van der Waals surface area contributed by atoms with E-state index in [1.807, 2.05) is 0 Å². The van der Waals surface area contributed by atoms with Gasteiger partial charge in [-0.05, 0) is 31.6 Å². The van der Waals surface area contributed by atoms with E-state index < -0.39 is 0 Å². The molecule has 0 bridgehead atoms. The van der Waals surface area contributed by atoms with Crippen molar-refractivity contribution in [3.05, 3.63) is 10.6 Å². The Morgan fingerprint density at radius 3 is 3.00 bits per heavy atom. The molecule has 0 aromatic rings. The molecule has 2 aliphatic rings. The second-order valence-electron chi connectivity index (χ2n) is 2.72. The number of hydrogen-bond donors (Lipinski definition) is 0. The fourth-order valence-corrected chi connectivity index (χ4v) is 1.84. The molecule has 0 heterocycles. The molecule has 0 saturated heterocycles. The summed E-state index contributed by atoms with van der Waals surface area (Å²) in [6.45, 7) is 0. The van der Waals surface area contributed by atoms with Gasteiger partial charge < -0.3 is 0 Å². The van der Waals surface area contributed by atoms with Crippen LogP contribution >= 0.6 is 11.6 Å². The fraction of sp³-hybridized carbons (Fsp3) is 0.714. The van der Waals surface area contributed by atoms with E-state index in [-0.39, 0.29) is 0 Å². The smallest absolute Gasteiger partial charge is 0.0176 e. The molecule has 0 aromatic carbocycles. The lowest BCUT2D eigenvalue weighted by Gasteiger charge is -2.02. The Morgan fingerprint density at radius 1 is 1.50 bits per heavy atom. The third-order valence-corrected chi connectivity index (χ3v) is 2.53. The Morgan fingerprint density at radius 2 is 2.38 bits per heavy atom. The summed E-state index contributed by atoms with van der Waals surface area (Å²) < 4.78 is 0. The normalized spacial score (nSPS) is 34.9. The van der Waals surface area contributed by atoms with Crippen LogP contribution in [0.2, 0.25) is 0 Å². The quantitative estimate of drug-likeness (QED) is 0.471. The molecule has 1 heteroatoms. The lowest BCUT2D eigenvalue weighted by Crippen LogP contribution is -1.85. The highest BCUT2D eigenvalue weighted by atomic mass is 35.5. The summed E-state index contributed by atoms with van der Waals surface area (Å²) in [5.74, 6) is 0.927. The standard InChI is InChI=1S/C7H9Cl/c8-7-3-1-2-5-4-6(5)7/h5H,1-4H2/t5-/m0/s1. The van der Waals surface area contributed by atoms with Crippen LogP contribution in [0.15, 0.2) is 10.6 Å². The van der Waals surface area contributed by atoms with Crippen molar-refractivity contribution in [2.24, 2.45) is 5.92 Å².